The number of halogens is 1. The third-order valence-electron chi connectivity index (χ3n) is 3.17. The molecule has 0 atom stereocenters. The number of carbonyl (C=O) groups excluding carboxylic acids is 1. The van der Waals surface area contributed by atoms with Crippen LogP contribution in [0.4, 0.5) is 4.39 Å². The van der Waals surface area contributed by atoms with Crippen LogP contribution in [0.2, 0.25) is 0 Å². The number of carbonyl (C=O) groups is 1. The predicted octanol–water partition coefficient (Wildman–Crippen LogP) is 3.12. The number of nitrogens with one attached hydrogen (secondary N) is 1. The molecule has 2 aromatic rings. The second-order valence-corrected chi connectivity index (χ2v) is 6.03. The number of nitrogens with zero attached hydrogens (tertiary/aromatic N) is 2. The van der Waals surface area contributed by atoms with Crippen LogP contribution >= 0.6 is 11.8 Å². The van der Waals surface area contributed by atoms with Crippen LogP contribution in [0.15, 0.2) is 35.4 Å². The van der Waals surface area contributed by atoms with E-state index in [9.17, 15) is 14.4 Å². The molecular formula is C17H16FN3OS. The summed E-state index contributed by atoms with van der Waals surface area (Å²) in [6, 6.07) is 9.94. The molecule has 0 saturated carbocycles. The Hall–Kier alpha value is -2.39. The summed E-state index contributed by atoms with van der Waals surface area (Å²) in [7, 11) is 0. The molecule has 1 amide bonds. The number of pyridine rings is 1. The molecule has 0 aliphatic rings. The van der Waals surface area contributed by atoms with Crippen LogP contribution in [0.25, 0.3) is 0 Å². The number of rotatable bonds is 5. The molecule has 0 aliphatic carbocycles. The molecule has 118 valence electrons. The van der Waals surface area contributed by atoms with Crippen LogP contribution in [0.3, 0.4) is 0 Å². The summed E-state index contributed by atoms with van der Waals surface area (Å²) in [4.78, 5) is 16.2. The van der Waals surface area contributed by atoms with Crippen molar-refractivity contribution >= 4 is 17.7 Å². The first-order valence-electron chi connectivity index (χ1n) is 7.02. The third kappa shape index (κ3) is 4.80. The first-order chi connectivity index (χ1) is 11.0. The molecule has 0 saturated heterocycles. The summed E-state index contributed by atoms with van der Waals surface area (Å²) in [5.74, 6) is -0.295. The molecule has 1 aromatic carbocycles. The lowest BCUT2D eigenvalue weighted by atomic mass is 10.1. The minimum Gasteiger partial charge on any atom is -0.351 e. The SMILES string of the molecule is Cc1cc(C)c(C#N)c(SCC(=O)NCc2ccc(F)cc2)n1. The number of nitriles is 1. The normalized spacial score (nSPS) is 10.2. The molecule has 1 aromatic heterocycles. The lowest BCUT2D eigenvalue weighted by Gasteiger charge is -2.08. The van der Waals surface area contributed by atoms with Gasteiger partial charge in [-0.2, -0.15) is 5.26 Å². The minimum atomic E-state index is -0.305. The lowest BCUT2D eigenvalue weighted by Crippen LogP contribution is -2.24. The van der Waals surface area contributed by atoms with Gasteiger partial charge < -0.3 is 5.32 Å². The van der Waals surface area contributed by atoms with E-state index in [1.165, 1.54) is 23.9 Å². The predicted molar refractivity (Wildman–Crippen MR) is 87.4 cm³/mol. The minimum absolute atomic E-state index is 0.163. The Morgan fingerprint density at radius 3 is 2.70 bits per heavy atom. The number of hydrogen-bond donors (Lipinski definition) is 1. The number of amides is 1. The molecule has 23 heavy (non-hydrogen) atoms. The quantitative estimate of drug-likeness (QED) is 0.856. The maximum atomic E-state index is 12.8. The molecule has 0 unspecified atom stereocenters. The summed E-state index contributed by atoms with van der Waals surface area (Å²) >= 11 is 1.24. The van der Waals surface area contributed by atoms with Crippen molar-refractivity contribution in [3.05, 3.63) is 58.5 Å². The van der Waals surface area contributed by atoms with E-state index in [4.69, 9.17) is 0 Å². The van der Waals surface area contributed by atoms with Crippen molar-refractivity contribution in [3.8, 4) is 6.07 Å². The van der Waals surface area contributed by atoms with Gasteiger partial charge in [0.2, 0.25) is 5.91 Å². The van der Waals surface area contributed by atoms with Gasteiger partial charge in [-0.1, -0.05) is 23.9 Å². The van der Waals surface area contributed by atoms with E-state index in [1.54, 1.807) is 12.1 Å². The fourth-order valence-electron chi connectivity index (χ4n) is 2.03. The Bertz CT molecular complexity index is 754. The van der Waals surface area contributed by atoms with Gasteiger partial charge in [0.25, 0.3) is 0 Å². The molecule has 2 rings (SSSR count). The van der Waals surface area contributed by atoms with Gasteiger partial charge in [-0.05, 0) is 43.2 Å². The highest BCUT2D eigenvalue weighted by molar-refractivity contribution is 8.00. The molecular weight excluding hydrogens is 313 g/mol. The van der Waals surface area contributed by atoms with Gasteiger partial charge in [-0.25, -0.2) is 9.37 Å². The van der Waals surface area contributed by atoms with Crippen molar-refractivity contribution in [1.82, 2.24) is 10.3 Å². The number of benzene rings is 1. The summed E-state index contributed by atoms with van der Waals surface area (Å²) in [6.07, 6.45) is 0. The van der Waals surface area contributed by atoms with E-state index >= 15 is 0 Å². The van der Waals surface area contributed by atoms with Gasteiger partial charge in [-0.3, -0.25) is 4.79 Å². The average molecular weight is 329 g/mol. The van der Waals surface area contributed by atoms with Crippen molar-refractivity contribution in [2.75, 3.05) is 5.75 Å². The summed E-state index contributed by atoms with van der Waals surface area (Å²) in [6.45, 7) is 4.05. The Labute approximate surface area is 138 Å². The van der Waals surface area contributed by atoms with E-state index in [1.807, 2.05) is 19.9 Å². The van der Waals surface area contributed by atoms with Crippen molar-refractivity contribution in [2.45, 2.75) is 25.4 Å². The Morgan fingerprint density at radius 2 is 2.04 bits per heavy atom. The van der Waals surface area contributed by atoms with Crippen LogP contribution in [0.1, 0.15) is 22.4 Å². The van der Waals surface area contributed by atoms with Gasteiger partial charge in [0.1, 0.15) is 16.9 Å². The molecule has 0 radical (unpaired) electrons. The molecule has 0 aliphatic heterocycles. The topological polar surface area (TPSA) is 65.8 Å². The van der Waals surface area contributed by atoms with Crippen LogP contribution in [0.5, 0.6) is 0 Å². The van der Waals surface area contributed by atoms with E-state index in [0.29, 0.717) is 17.1 Å². The smallest absolute Gasteiger partial charge is 0.230 e. The van der Waals surface area contributed by atoms with Crippen LogP contribution in [0, 0.1) is 31.0 Å². The highest BCUT2D eigenvalue weighted by Gasteiger charge is 2.11. The largest absolute Gasteiger partial charge is 0.351 e. The highest BCUT2D eigenvalue weighted by Crippen LogP contribution is 2.23. The number of thioether (sulfide) groups is 1. The zero-order chi connectivity index (χ0) is 16.8. The summed E-state index contributed by atoms with van der Waals surface area (Å²) < 4.78 is 12.8. The Kier molecular flexibility index (Phi) is 5.72. The maximum absolute atomic E-state index is 12.8. The third-order valence-corrected chi connectivity index (χ3v) is 4.14. The fourth-order valence-corrected chi connectivity index (χ4v) is 2.96. The maximum Gasteiger partial charge on any atom is 0.230 e. The molecule has 0 bridgehead atoms. The first-order valence-corrected chi connectivity index (χ1v) is 8.00. The second kappa shape index (κ2) is 7.75. The average Bonchev–Trinajstić information content (AvgIpc) is 2.52. The standard InChI is InChI=1S/C17H16FN3OS/c1-11-7-12(2)21-17(15(11)8-19)23-10-16(22)20-9-13-3-5-14(18)6-4-13/h3-7H,9-10H2,1-2H3,(H,20,22). The van der Waals surface area contributed by atoms with E-state index < -0.39 is 0 Å². The first kappa shape index (κ1) is 17.0. The summed E-state index contributed by atoms with van der Waals surface area (Å²) in [5.41, 5.74) is 3.00. The zero-order valence-electron chi connectivity index (χ0n) is 12.9. The van der Waals surface area contributed by atoms with Crippen molar-refractivity contribution in [1.29, 1.82) is 5.26 Å². The van der Waals surface area contributed by atoms with Gasteiger partial charge in [-0.15, -0.1) is 0 Å². The molecule has 6 heteroatoms. The van der Waals surface area contributed by atoms with Crippen LogP contribution in [-0.4, -0.2) is 16.6 Å². The molecule has 0 spiro atoms. The van der Waals surface area contributed by atoms with Crippen molar-refractivity contribution in [3.63, 3.8) is 0 Å². The van der Waals surface area contributed by atoms with Gasteiger partial charge in [0.15, 0.2) is 0 Å². The second-order valence-electron chi connectivity index (χ2n) is 5.06. The fraction of sp³-hybridized carbons (Fsp3) is 0.235. The Balaban J connectivity index is 1.92. The van der Waals surface area contributed by atoms with Crippen molar-refractivity contribution < 1.29 is 9.18 Å². The molecule has 0 fully saturated rings. The van der Waals surface area contributed by atoms with E-state index in [0.717, 1.165) is 16.8 Å². The van der Waals surface area contributed by atoms with Crippen LogP contribution in [-0.2, 0) is 11.3 Å². The molecule has 4 nitrogen and oxygen atoms in total. The van der Waals surface area contributed by atoms with Crippen LogP contribution < -0.4 is 5.32 Å². The van der Waals surface area contributed by atoms with Gasteiger partial charge in [0, 0.05) is 12.2 Å². The summed E-state index contributed by atoms with van der Waals surface area (Å²) in [5, 5.41) is 12.5. The van der Waals surface area contributed by atoms with E-state index in [-0.39, 0.29) is 17.5 Å². The monoisotopic (exact) mass is 329 g/mol. The Morgan fingerprint density at radius 1 is 1.35 bits per heavy atom. The van der Waals surface area contributed by atoms with Gasteiger partial charge >= 0.3 is 0 Å². The molecule has 1 heterocycles. The number of aryl methyl sites for hydroxylation is 2. The molecule has 1 N–H and O–H groups in total. The van der Waals surface area contributed by atoms with Crippen molar-refractivity contribution in [2.24, 2.45) is 0 Å². The number of hydrogen-bond acceptors (Lipinski definition) is 4. The van der Waals surface area contributed by atoms with E-state index in [2.05, 4.69) is 16.4 Å². The number of aromatic nitrogens is 1. The van der Waals surface area contributed by atoms with Gasteiger partial charge in [0.05, 0.1) is 11.3 Å². The lowest BCUT2D eigenvalue weighted by molar-refractivity contribution is -0.118. The zero-order valence-corrected chi connectivity index (χ0v) is 13.7. The highest BCUT2D eigenvalue weighted by atomic mass is 32.2.